The van der Waals surface area contributed by atoms with Gasteiger partial charge in [-0.1, -0.05) is 12.1 Å². The highest BCUT2D eigenvalue weighted by Crippen LogP contribution is 2.22. The van der Waals surface area contributed by atoms with Gasteiger partial charge in [0, 0.05) is 6.54 Å². The fourth-order valence-electron chi connectivity index (χ4n) is 1.93. The van der Waals surface area contributed by atoms with E-state index in [1.54, 1.807) is 24.3 Å². The molecule has 1 aliphatic rings. The number of amides is 2. The number of hydrogen-bond donors (Lipinski definition) is 1. The zero-order valence-corrected chi connectivity index (χ0v) is 9.67. The van der Waals surface area contributed by atoms with Gasteiger partial charge in [0.15, 0.2) is 0 Å². The SMILES string of the molecule is N#CC[C@H](O)CCN1C(=O)c2ccccc2C1=O. The molecule has 1 aromatic rings. The second kappa shape index (κ2) is 4.98. The minimum absolute atomic E-state index is 0.00314. The lowest BCUT2D eigenvalue weighted by Gasteiger charge is -2.15. The van der Waals surface area contributed by atoms with Crippen molar-refractivity contribution in [3.8, 4) is 6.07 Å². The molecule has 1 aliphatic heterocycles. The Morgan fingerprint density at radius 2 is 1.78 bits per heavy atom. The first kappa shape index (κ1) is 12.3. The van der Waals surface area contributed by atoms with Gasteiger partial charge in [-0.25, -0.2) is 0 Å². The molecule has 2 rings (SSSR count). The normalized spacial score (nSPS) is 15.4. The van der Waals surface area contributed by atoms with E-state index in [0.717, 1.165) is 4.90 Å². The van der Waals surface area contributed by atoms with E-state index < -0.39 is 6.10 Å². The molecular weight excluding hydrogens is 232 g/mol. The van der Waals surface area contributed by atoms with Gasteiger partial charge >= 0.3 is 0 Å². The average molecular weight is 244 g/mol. The van der Waals surface area contributed by atoms with Crippen molar-refractivity contribution in [1.82, 2.24) is 4.90 Å². The summed E-state index contributed by atoms with van der Waals surface area (Å²) in [5.74, 6) is -0.667. The predicted octanol–water partition coefficient (Wildman–Crippen LogP) is 0.947. The molecule has 18 heavy (non-hydrogen) atoms. The summed E-state index contributed by atoms with van der Waals surface area (Å²) in [4.78, 5) is 25.0. The monoisotopic (exact) mass is 244 g/mol. The molecule has 0 aromatic heterocycles. The Morgan fingerprint density at radius 3 is 2.28 bits per heavy atom. The molecule has 0 aliphatic carbocycles. The van der Waals surface area contributed by atoms with Crippen LogP contribution < -0.4 is 0 Å². The maximum Gasteiger partial charge on any atom is 0.261 e. The van der Waals surface area contributed by atoms with E-state index >= 15 is 0 Å². The van der Waals surface area contributed by atoms with Crippen LogP contribution in [0.3, 0.4) is 0 Å². The Hall–Kier alpha value is -2.19. The van der Waals surface area contributed by atoms with Crippen LogP contribution >= 0.6 is 0 Å². The summed E-state index contributed by atoms with van der Waals surface area (Å²) in [7, 11) is 0. The summed E-state index contributed by atoms with van der Waals surface area (Å²) >= 11 is 0. The van der Waals surface area contributed by atoms with Crippen LogP contribution in [-0.4, -0.2) is 34.5 Å². The molecule has 2 amide bonds. The highest BCUT2D eigenvalue weighted by molar-refractivity contribution is 6.21. The molecule has 5 heteroatoms. The Kier molecular flexibility index (Phi) is 3.40. The quantitative estimate of drug-likeness (QED) is 0.799. The Balaban J connectivity index is 2.08. The van der Waals surface area contributed by atoms with E-state index in [4.69, 9.17) is 5.26 Å². The van der Waals surface area contributed by atoms with Crippen LogP contribution in [0, 0.1) is 11.3 Å². The number of nitrogens with zero attached hydrogens (tertiary/aromatic N) is 2. The van der Waals surface area contributed by atoms with Gasteiger partial charge in [0.05, 0.1) is 29.7 Å². The summed E-state index contributed by atoms with van der Waals surface area (Å²) in [6.45, 7) is 0.134. The third-order valence-electron chi connectivity index (χ3n) is 2.89. The third-order valence-corrected chi connectivity index (χ3v) is 2.89. The lowest BCUT2D eigenvalue weighted by Crippen LogP contribution is -2.32. The lowest BCUT2D eigenvalue weighted by molar-refractivity contribution is 0.0624. The maximum absolute atomic E-state index is 11.9. The standard InChI is InChI=1S/C13H12N2O3/c14-7-5-9(16)6-8-15-12(17)10-3-1-2-4-11(10)13(15)18/h1-4,9,16H,5-6,8H2/t9-/m0/s1. The van der Waals surface area contributed by atoms with Crippen molar-refractivity contribution in [2.45, 2.75) is 18.9 Å². The number of aliphatic hydroxyl groups is 1. The van der Waals surface area contributed by atoms with Gasteiger partial charge in [-0.2, -0.15) is 5.26 Å². The topological polar surface area (TPSA) is 81.4 Å². The molecule has 0 radical (unpaired) electrons. The van der Waals surface area contributed by atoms with Gasteiger partial charge in [0.2, 0.25) is 0 Å². The van der Waals surface area contributed by atoms with E-state index in [0.29, 0.717) is 11.1 Å². The Labute approximate surface area is 104 Å². The summed E-state index contributed by atoms with van der Waals surface area (Å²) in [6, 6.07) is 8.48. The molecule has 0 saturated carbocycles. The van der Waals surface area contributed by atoms with Gasteiger partial charge in [0.1, 0.15) is 0 Å². The van der Waals surface area contributed by atoms with E-state index in [1.165, 1.54) is 0 Å². The third kappa shape index (κ3) is 2.11. The number of carbonyl (C=O) groups excluding carboxylic acids is 2. The van der Waals surface area contributed by atoms with Gasteiger partial charge in [0.25, 0.3) is 11.8 Å². The van der Waals surface area contributed by atoms with Crippen molar-refractivity contribution < 1.29 is 14.7 Å². The molecule has 5 nitrogen and oxygen atoms in total. The van der Waals surface area contributed by atoms with Crippen molar-refractivity contribution in [2.24, 2.45) is 0 Å². The largest absolute Gasteiger partial charge is 0.392 e. The van der Waals surface area contributed by atoms with E-state index in [1.807, 2.05) is 6.07 Å². The minimum atomic E-state index is -0.806. The van der Waals surface area contributed by atoms with E-state index in [2.05, 4.69) is 0 Å². The van der Waals surface area contributed by atoms with E-state index in [9.17, 15) is 14.7 Å². The van der Waals surface area contributed by atoms with Gasteiger partial charge in [-0.15, -0.1) is 0 Å². The van der Waals surface area contributed by atoms with Crippen molar-refractivity contribution in [2.75, 3.05) is 6.54 Å². The van der Waals surface area contributed by atoms with Crippen molar-refractivity contribution in [3.05, 3.63) is 35.4 Å². The smallest absolute Gasteiger partial charge is 0.261 e. The first-order valence-corrected chi connectivity index (χ1v) is 5.65. The Morgan fingerprint density at radius 1 is 1.22 bits per heavy atom. The van der Waals surface area contributed by atoms with Crippen LogP contribution in [0.4, 0.5) is 0 Å². The molecular formula is C13H12N2O3. The van der Waals surface area contributed by atoms with Crippen LogP contribution in [0.5, 0.6) is 0 Å². The number of hydrogen-bond acceptors (Lipinski definition) is 4. The Bertz CT molecular complexity index is 498. The number of carbonyl (C=O) groups is 2. The first-order chi connectivity index (χ1) is 8.65. The number of imide groups is 1. The fraction of sp³-hybridized carbons (Fsp3) is 0.308. The first-order valence-electron chi connectivity index (χ1n) is 5.65. The molecule has 1 heterocycles. The summed E-state index contributed by atoms with van der Waals surface area (Å²) < 4.78 is 0. The van der Waals surface area contributed by atoms with Crippen molar-refractivity contribution >= 4 is 11.8 Å². The number of benzene rings is 1. The summed E-state index contributed by atoms with van der Waals surface area (Å²) in [5.41, 5.74) is 0.801. The highest BCUT2D eigenvalue weighted by Gasteiger charge is 2.34. The number of nitriles is 1. The van der Waals surface area contributed by atoms with E-state index in [-0.39, 0.29) is 31.2 Å². The summed E-state index contributed by atoms with van der Waals surface area (Å²) in [5, 5.41) is 17.8. The van der Waals surface area contributed by atoms with Crippen LogP contribution in [0.15, 0.2) is 24.3 Å². The molecule has 0 bridgehead atoms. The molecule has 1 aromatic carbocycles. The predicted molar refractivity (Wildman–Crippen MR) is 62.7 cm³/mol. The molecule has 0 fully saturated rings. The zero-order chi connectivity index (χ0) is 13.1. The second-order valence-corrected chi connectivity index (χ2v) is 4.11. The number of aliphatic hydroxyl groups excluding tert-OH is 1. The average Bonchev–Trinajstić information content (AvgIpc) is 2.61. The minimum Gasteiger partial charge on any atom is -0.392 e. The fourth-order valence-corrected chi connectivity index (χ4v) is 1.93. The molecule has 0 unspecified atom stereocenters. The van der Waals surface area contributed by atoms with Crippen LogP contribution in [0.2, 0.25) is 0 Å². The van der Waals surface area contributed by atoms with Crippen LogP contribution in [0.1, 0.15) is 33.6 Å². The summed E-state index contributed by atoms with van der Waals surface area (Å²) in [6.07, 6.45) is -0.582. The van der Waals surface area contributed by atoms with Crippen molar-refractivity contribution in [3.63, 3.8) is 0 Å². The molecule has 1 N–H and O–H groups in total. The molecule has 0 spiro atoms. The number of fused-ring (bicyclic) bond motifs is 1. The lowest BCUT2D eigenvalue weighted by atomic mass is 10.1. The van der Waals surface area contributed by atoms with Gasteiger partial charge in [-0.05, 0) is 18.6 Å². The highest BCUT2D eigenvalue weighted by atomic mass is 16.3. The van der Waals surface area contributed by atoms with Crippen LogP contribution in [-0.2, 0) is 0 Å². The molecule has 92 valence electrons. The van der Waals surface area contributed by atoms with Gasteiger partial charge < -0.3 is 5.11 Å². The molecule has 0 saturated heterocycles. The maximum atomic E-state index is 11.9. The van der Waals surface area contributed by atoms with Gasteiger partial charge in [-0.3, -0.25) is 14.5 Å². The molecule has 1 atom stereocenters. The zero-order valence-electron chi connectivity index (χ0n) is 9.67. The van der Waals surface area contributed by atoms with Crippen molar-refractivity contribution in [1.29, 1.82) is 5.26 Å². The van der Waals surface area contributed by atoms with Crippen LogP contribution in [0.25, 0.3) is 0 Å². The second-order valence-electron chi connectivity index (χ2n) is 4.11. The number of rotatable bonds is 4.